The Bertz CT molecular complexity index is 1440. The Hall–Kier alpha value is -3.31. The largest absolute Gasteiger partial charge is 0.377 e. The van der Waals surface area contributed by atoms with Gasteiger partial charge in [0.15, 0.2) is 14.9 Å². The van der Waals surface area contributed by atoms with Crippen molar-refractivity contribution in [2.75, 3.05) is 30.9 Å². The Morgan fingerprint density at radius 3 is 2.70 bits per heavy atom. The minimum absolute atomic E-state index is 0.0503. The third-order valence-electron chi connectivity index (χ3n) is 5.94. The molecular formula is C22H25N7O3S. The van der Waals surface area contributed by atoms with Gasteiger partial charge in [0.2, 0.25) is 0 Å². The molecule has 0 saturated carbocycles. The quantitative estimate of drug-likeness (QED) is 0.486. The van der Waals surface area contributed by atoms with Crippen molar-refractivity contribution in [1.29, 1.82) is 0 Å². The van der Waals surface area contributed by atoms with Crippen LogP contribution >= 0.6 is 0 Å². The second-order valence-corrected chi connectivity index (χ2v) is 10.3. The van der Waals surface area contributed by atoms with Gasteiger partial charge in [0.25, 0.3) is 0 Å². The van der Waals surface area contributed by atoms with Crippen molar-refractivity contribution in [2.24, 2.45) is 7.05 Å². The van der Waals surface area contributed by atoms with Crippen molar-refractivity contribution in [2.45, 2.75) is 24.9 Å². The van der Waals surface area contributed by atoms with Crippen LogP contribution in [0.3, 0.4) is 0 Å². The molecule has 5 rings (SSSR count). The van der Waals surface area contributed by atoms with Gasteiger partial charge in [0.05, 0.1) is 19.3 Å². The predicted octanol–water partition coefficient (Wildman–Crippen LogP) is 2.36. The second kappa shape index (κ2) is 7.92. The summed E-state index contributed by atoms with van der Waals surface area (Å²) in [6, 6.07) is 5.66. The maximum absolute atomic E-state index is 12.0. The monoisotopic (exact) mass is 467 g/mol. The van der Waals surface area contributed by atoms with Crippen LogP contribution in [0.2, 0.25) is 0 Å². The van der Waals surface area contributed by atoms with Crippen LogP contribution in [0.1, 0.15) is 12.5 Å². The van der Waals surface area contributed by atoms with Gasteiger partial charge in [-0.25, -0.2) is 18.4 Å². The summed E-state index contributed by atoms with van der Waals surface area (Å²) in [5, 5.41) is 12.0. The Balaban J connectivity index is 1.78. The molecule has 0 aromatic carbocycles. The van der Waals surface area contributed by atoms with Gasteiger partial charge in [-0.15, -0.1) is 0 Å². The number of aromatic amines is 1. The number of anilines is 1. The molecule has 1 unspecified atom stereocenters. The van der Waals surface area contributed by atoms with Gasteiger partial charge in [-0.2, -0.15) is 10.2 Å². The zero-order valence-corrected chi connectivity index (χ0v) is 19.7. The Morgan fingerprint density at radius 1 is 1.21 bits per heavy atom. The molecule has 1 N–H and O–H groups in total. The molecule has 0 amide bonds. The highest BCUT2D eigenvalue weighted by Gasteiger charge is 2.26. The lowest BCUT2D eigenvalue weighted by molar-refractivity contribution is 0.0986. The summed E-state index contributed by atoms with van der Waals surface area (Å²) in [6.07, 6.45) is 4.53. The second-order valence-electron chi connectivity index (χ2n) is 8.38. The zero-order valence-electron chi connectivity index (χ0n) is 18.9. The van der Waals surface area contributed by atoms with Gasteiger partial charge < -0.3 is 9.64 Å². The molecule has 1 atom stereocenters. The normalized spacial score (nSPS) is 17.1. The Kier molecular flexibility index (Phi) is 5.17. The number of hydrogen-bond donors (Lipinski definition) is 1. The maximum Gasteiger partial charge on any atom is 0.192 e. The fourth-order valence-electron chi connectivity index (χ4n) is 4.26. The first-order chi connectivity index (χ1) is 15.7. The lowest BCUT2D eigenvalue weighted by Gasteiger charge is -2.34. The lowest BCUT2D eigenvalue weighted by Crippen LogP contribution is -2.44. The standard InChI is InChI=1S/C22H25N7O3S/c1-13-9-19(33(4,30)31)23-11-16(13)15-10-18(29-7-8-32-12-14(29)2)25-21-20(15)27-28(3)22(21)17-5-6-24-26-17/h5-6,9-11,14H,7-8,12H2,1-4H3,(H,24,26). The molecule has 4 aromatic heterocycles. The van der Waals surface area contributed by atoms with E-state index in [0.717, 1.165) is 52.2 Å². The average Bonchev–Trinajstić information content (AvgIpc) is 3.39. The highest BCUT2D eigenvalue weighted by atomic mass is 32.2. The van der Waals surface area contributed by atoms with E-state index in [1.807, 2.05) is 26.1 Å². The van der Waals surface area contributed by atoms with E-state index in [9.17, 15) is 8.42 Å². The van der Waals surface area contributed by atoms with E-state index in [1.165, 1.54) is 0 Å². The van der Waals surface area contributed by atoms with Crippen LogP contribution in [0.5, 0.6) is 0 Å². The maximum atomic E-state index is 12.0. The molecule has 1 aliphatic rings. The summed E-state index contributed by atoms with van der Waals surface area (Å²) >= 11 is 0. The molecule has 10 nitrogen and oxygen atoms in total. The number of fused-ring (bicyclic) bond motifs is 1. The van der Waals surface area contributed by atoms with Crippen LogP contribution in [0.15, 0.2) is 35.6 Å². The number of rotatable bonds is 4. The number of aromatic nitrogens is 6. The van der Waals surface area contributed by atoms with E-state index in [-0.39, 0.29) is 11.1 Å². The van der Waals surface area contributed by atoms with Crippen molar-refractivity contribution in [3.05, 3.63) is 36.2 Å². The average molecular weight is 468 g/mol. The highest BCUT2D eigenvalue weighted by molar-refractivity contribution is 7.90. The smallest absolute Gasteiger partial charge is 0.192 e. The van der Waals surface area contributed by atoms with Crippen molar-refractivity contribution in [3.8, 4) is 22.5 Å². The molecule has 4 aromatic rings. The number of morpholine rings is 1. The number of hydrogen-bond acceptors (Lipinski definition) is 8. The number of aryl methyl sites for hydroxylation is 2. The van der Waals surface area contributed by atoms with Gasteiger partial charge in [-0.05, 0) is 37.6 Å². The van der Waals surface area contributed by atoms with E-state index in [0.29, 0.717) is 18.7 Å². The predicted molar refractivity (Wildman–Crippen MR) is 125 cm³/mol. The summed E-state index contributed by atoms with van der Waals surface area (Å²) < 4.78 is 31.4. The zero-order chi connectivity index (χ0) is 23.3. The number of ether oxygens (including phenoxy) is 1. The third-order valence-corrected chi connectivity index (χ3v) is 6.92. The molecule has 0 bridgehead atoms. The van der Waals surface area contributed by atoms with Gasteiger partial charge in [-0.3, -0.25) is 9.78 Å². The Labute approximate surface area is 191 Å². The van der Waals surface area contributed by atoms with Gasteiger partial charge in [0.1, 0.15) is 28.2 Å². The Morgan fingerprint density at radius 2 is 2.03 bits per heavy atom. The number of sulfone groups is 1. The van der Waals surface area contributed by atoms with Crippen molar-refractivity contribution >= 4 is 26.7 Å². The molecule has 0 aliphatic carbocycles. The molecule has 5 heterocycles. The van der Waals surface area contributed by atoms with Crippen molar-refractivity contribution in [1.82, 2.24) is 29.9 Å². The van der Waals surface area contributed by atoms with Gasteiger partial charge >= 0.3 is 0 Å². The number of nitrogens with one attached hydrogen (secondary N) is 1. The van der Waals surface area contributed by atoms with Crippen LogP contribution in [0.25, 0.3) is 33.5 Å². The minimum Gasteiger partial charge on any atom is -0.377 e. The fourth-order valence-corrected chi connectivity index (χ4v) is 4.89. The van der Waals surface area contributed by atoms with Crippen LogP contribution in [-0.4, -0.2) is 70.4 Å². The molecule has 0 radical (unpaired) electrons. The van der Waals surface area contributed by atoms with Gasteiger partial charge in [0, 0.05) is 43.4 Å². The first-order valence-corrected chi connectivity index (χ1v) is 12.5. The lowest BCUT2D eigenvalue weighted by atomic mass is 10.0. The van der Waals surface area contributed by atoms with Crippen molar-refractivity contribution in [3.63, 3.8) is 0 Å². The summed E-state index contributed by atoms with van der Waals surface area (Å²) in [6.45, 7) is 5.96. The topological polar surface area (TPSA) is 119 Å². The van der Waals surface area contributed by atoms with Crippen LogP contribution in [0, 0.1) is 6.92 Å². The summed E-state index contributed by atoms with van der Waals surface area (Å²) in [5.74, 6) is 0.810. The molecule has 33 heavy (non-hydrogen) atoms. The minimum atomic E-state index is -3.41. The fraction of sp³-hybridized carbons (Fsp3) is 0.364. The molecule has 0 spiro atoms. The first kappa shape index (κ1) is 21.5. The van der Waals surface area contributed by atoms with Crippen molar-refractivity contribution < 1.29 is 13.2 Å². The van der Waals surface area contributed by atoms with E-state index in [1.54, 1.807) is 23.1 Å². The van der Waals surface area contributed by atoms with E-state index in [4.69, 9.17) is 14.8 Å². The number of nitrogens with zero attached hydrogens (tertiary/aromatic N) is 6. The molecule has 1 aliphatic heterocycles. The van der Waals surface area contributed by atoms with Gasteiger partial charge in [-0.1, -0.05) is 0 Å². The van der Waals surface area contributed by atoms with E-state index in [2.05, 4.69) is 27.0 Å². The summed E-state index contributed by atoms with van der Waals surface area (Å²) in [4.78, 5) is 11.5. The molecular weight excluding hydrogens is 442 g/mol. The SMILES string of the molecule is Cc1cc(S(C)(=O)=O)ncc1-c1cc(N2CCOCC2C)nc2c(-c3cc[nH]n3)n(C)nc12. The highest BCUT2D eigenvalue weighted by Crippen LogP contribution is 2.37. The molecule has 172 valence electrons. The summed E-state index contributed by atoms with van der Waals surface area (Å²) in [7, 11) is -1.54. The summed E-state index contributed by atoms with van der Waals surface area (Å²) in [5.41, 5.74) is 5.42. The first-order valence-electron chi connectivity index (χ1n) is 10.6. The van der Waals surface area contributed by atoms with E-state index >= 15 is 0 Å². The number of H-pyrrole nitrogens is 1. The van der Waals surface area contributed by atoms with Crippen LogP contribution in [0.4, 0.5) is 5.82 Å². The molecule has 1 fully saturated rings. The third kappa shape index (κ3) is 3.76. The molecule has 1 saturated heterocycles. The van der Waals surface area contributed by atoms with Crippen LogP contribution < -0.4 is 4.90 Å². The number of pyridine rings is 2. The van der Waals surface area contributed by atoms with Crippen LogP contribution in [-0.2, 0) is 21.6 Å². The van der Waals surface area contributed by atoms with E-state index < -0.39 is 9.84 Å². The molecule has 11 heteroatoms.